The Kier molecular flexibility index (Phi) is 5.35. The molecule has 2 N–H and O–H groups in total. The third-order valence-electron chi connectivity index (χ3n) is 5.09. The monoisotopic (exact) mass is 458 g/mol. The molecule has 5 nitrogen and oxygen atoms in total. The van der Waals surface area contributed by atoms with Crippen molar-refractivity contribution >= 4 is 45.9 Å². The molecule has 0 aliphatic carbocycles. The average Bonchev–Trinajstić information content (AvgIpc) is 2.81. The molecule has 5 aromatic rings. The number of aromatic nitrogens is 3. The highest BCUT2D eigenvalue weighted by molar-refractivity contribution is 6.36. The van der Waals surface area contributed by atoms with Crippen molar-refractivity contribution in [3.8, 4) is 22.3 Å². The second-order valence-corrected chi connectivity index (χ2v) is 8.01. The number of benzene rings is 3. The second-order valence-electron chi connectivity index (χ2n) is 7.16. The van der Waals surface area contributed by atoms with Gasteiger partial charge >= 0.3 is 0 Å². The lowest BCUT2D eigenvalue weighted by Gasteiger charge is -2.10. The van der Waals surface area contributed by atoms with Gasteiger partial charge in [-0.25, -0.2) is 4.98 Å². The number of halogens is 2. The molecule has 0 aliphatic heterocycles. The van der Waals surface area contributed by atoms with Crippen molar-refractivity contribution in [2.45, 2.75) is 0 Å². The summed E-state index contributed by atoms with van der Waals surface area (Å²) in [5.74, 6) is 0.246. The first-order chi connectivity index (χ1) is 15.6. The Morgan fingerprint density at radius 2 is 1.53 bits per heavy atom. The molecule has 5 rings (SSSR count). The summed E-state index contributed by atoms with van der Waals surface area (Å²) in [4.78, 5) is 24.5. The number of pyridine rings is 1. The van der Waals surface area contributed by atoms with Gasteiger partial charge in [-0.05, 0) is 46.5 Å². The van der Waals surface area contributed by atoms with Gasteiger partial charge in [-0.2, -0.15) is 4.98 Å². The molecule has 2 aromatic heterocycles. The summed E-state index contributed by atoms with van der Waals surface area (Å²) in [5.41, 5.74) is 4.53. The van der Waals surface area contributed by atoms with E-state index in [4.69, 9.17) is 23.2 Å². The number of rotatable bonds is 4. The van der Waals surface area contributed by atoms with E-state index in [2.05, 4.69) is 32.4 Å². The fourth-order valence-electron chi connectivity index (χ4n) is 3.55. The SMILES string of the molecule is O=c1[nH]c(Nc2ccc(Cl)cc2Cl)nc2nccc(-c3ccc(-c4ccccc4)cc3)c12. The van der Waals surface area contributed by atoms with Crippen LogP contribution in [0.2, 0.25) is 10.0 Å². The molecular weight excluding hydrogens is 443 g/mol. The predicted molar refractivity (Wildman–Crippen MR) is 131 cm³/mol. The van der Waals surface area contributed by atoms with Gasteiger partial charge in [-0.15, -0.1) is 0 Å². The molecule has 0 spiro atoms. The summed E-state index contributed by atoms with van der Waals surface area (Å²) in [7, 11) is 0. The molecular formula is C25H16Cl2N4O. The molecule has 156 valence electrons. The van der Waals surface area contributed by atoms with Gasteiger partial charge in [0.1, 0.15) is 0 Å². The van der Waals surface area contributed by atoms with Crippen molar-refractivity contribution < 1.29 is 0 Å². The van der Waals surface area contributed by atoms with E-state index in [1.165, 1.54) is 0 Å². The first-order valence-electron chi connectivity index (χ1n) is 9.85. The minimum atomic E-state index is -0.294. The second kappa shape index (κ2) is 8.46. The Balaban J connectivity index is 1.53. The molecule has 0 fully saturated rings. The molecule has 0 unspecified atom stereocenters. The molecule has 0 atom stereocenters. The molecule has 0 saturated carbocycles. The summed E-state index contributed by atoms with van der Waals surface area (Å²) >= 11 is 12.2. The molecule has 32 heavy (non-hydrogen) atoms. The molecule has 2 heterocycles. The van der Waals surface area contributed by atoms with Gasteiger partial charge in [0.2, 0.25) is 5.95 Å². The van der Waals surface area contributed by atoms with Crippen LogP contribution in [-0.2, 0) is 0 Å². The van der Waals surface area contributed by atoms with E-state index in [9.17, 15) is 4.79 Å². The van der Waals surface area contributed by atoms with E-state index in [0.717, 1.165) is 22.3 Å². The fourth-order valence-corrected chi connectivity index (χ4v) is 4.01. The largest absolute Gasteiger partial charge is 0.324 e. The lowest BCUT2D eigenvalue weighted by Crippen LogP contribution is -2.13. The Morgan fingerprint density at radius 1 is 0.812 bits per heavy atom. The highest BCUT2D eigenvalue weighted by Gasteiger charge is 2.13. The van der Waals surface area contributed by atoms with E-state index in [1.807, 2.05) is 48.5 Å². The number of nitrogens with one attached hydrogen (secondary N) is 2. The van der Waals surface area contributed by atoms with Crippen molar-refractivity contribution in [3.05, 3.63) is 105 Å². The topological polar surface area (TPSA) is 70.7 Å². The maximum atomic E-state index is 13.0. The summed E-state index contributed by atoms with van der Waals surface area (Å²) in [5, 5.41) is 4.38. The number of nitrogens with zero attached hydrogens (tertiary/aromatic N) is 2. The lowest BCUT2D eigenvalue weighted by molar-refractivity contribution is 1.14. The molecule has 0 saturated heterocycles. The van der Waals surface area contributed by atoms with E-state index >= 15 is 0 Å². The third kappa shape index (κ3) is 3.96. The summed E-state index contributed by atoms with van der Waals surface area (Å²) in [6.45, 7) is 0. The van der Waals surface area contributed by atoms with Crippen LogP contribution in [0.15, 0.2) is 89.9 Å². The van der Waals surface area contributed by atoms with Gasteiger partial charge in [0.15, 0.2) is 5.65 Å². The smallest absolute Gasteiger partial charge is 0.262 e. The van der Waals surface area contributed by atoms with Crippen LogP contribution < -0.4 is 10.9 Å². The maximum Gasteiger partial charge on any atom is 0.262 e. The zero-order chi connectivity index (χ0) is 22.1. The van der Waals surface area contributed by atoms with Crippen LogP contribution in [0.3, 0.4) is 0 Å². The summed E-state index contributed by atoms with van der Waals surface area (Å²) in [6, 6.07) is 25.0. The van der Waals surface area contributed by atoms with E-state index < -0.39 is 0 Å². The minimum absolute atomic E-state index is 0.246. The van der Waals surface area contributed by atoms with Gasteiger partial charge in [-0.3, -0.25) is 9.78 Å². The average molecular weight is 459 g/mol. The first kappa shape index (κ1) is 20.2. The van der Waals surface area contributed by atoms with Crippen LogP contribution in [-0.4, -0.2) is 15.0 Å². The van der Waals surface area contributed by atoms with E-state index in [0.29, 0.717) is 26.8 Å². The number of anilines is 2. The van der Waals surface area contributed by atoms with Crippen LogP contribution in [0.4, 0.5) is 11.6 Å². The molecule has 0 amide bonds. The zero-order valence-electron chi connectivity index (χ0n) is 16.6. The maximum absolute atomic E-state index is 13.0. The summed E-state index contributed by atoms with van der Waals surface area (Å²) < 4.78 is 0. The van der Waals surface area contributed by atoms with Gasteiger partial charge in [0, 0.05) is 11.2 Å². The van der Waals surface area contributed by atoms with Crippen molar-refractivity contribution in [1.82, 2.24) is 15.0 Å². The molecule has 3 aromatic carbocycles. The van der Waals surface area contributed by atoms with Gasteiger partial charge in [0.25, 0.3) is 5.56 Å². The Labute approximate surface area is 193 Å². The van der Waals surface area contributed by atoms with E-state index in [-0.39, 0.29) is 11.5 Å². The van der Waals surface area contributed by atoms with Crippen LogP contribution in [0.1, 0.15) is 0 Å². The van der Waals surface area contributed by atoms with Gasteiger partial charge < -0.3 is 5.32 Å². The number of H-pyrrole nitrogens is 1. The number of hydrogen-bond donors (Lipinski definition) is 2. The number of fused-ring (bicyclic) bond motifs is 1. The third-order valence-corrected chi connectivity index (χ3v) is 5.64. The van der Waals surface area contributed by atoms with Crippen molar-refractivity contribution in [2.24, 2.45) is 0 Å². The van der Waals surface area contributed by atoms with Crippen molar-refractivity contribution in [3.63, 3.8) is 0 Å². The molecule has 0 radical (unpaired) electrons. The highest BCUT2D eigenvalue weighted by atomic mass is 35.5. The Hall–Kier alpha value is -3.67. The highest BCUT2D eigenvalue weighted by Crippen LogP contribution is 2.29. The zero-order valence-corrected chi connectivity index (χ0v) is 18.2. The quantitative estimate of drug-likeness (QED) is 0.314. The molecule has 7 heteroatoms. The molecule has 0 bridgehead atoms. The van der Waals surface area contributed by atoms with Gasteiger partial charge in [-0.1, -0.05) is 77.8 Å². The first-order valence-corrected chi connectivity index (χ1v) is 10.6. The Bertz CT molecular complexity index is 1480. The number of aromatic amines is 1. The van der Waals surface area contributed by atoms with E-state index in [1.54, 1.807) is 24.4 Å². The standard InChI is InChI=1S/C25H16Cl2N4O/c26-18-10-11-21(20(27)14-18)29-25-30-23-22(24(32)31-25)19(12-13-28-23)17-8-6-16(7-9-17)15-4-2-1-3-5-15/h1-14H,(H2,28,29,30,31,32). The van der Waals surface area contributed by atoms with Crippen LogP contribution in [0, 0.1) is 0 Å². The normalized spacial score (nSPS) is 10.9. The lowest BCUT2D eigenvalue weighted by atomic mass is 9.99. The van der Waals surface area contributed by atoms with Crippen LogP contribution in [0.25, 0.3) is 33.3 Å². The van der Waals surface area contributed by atoms with Crippen LogP contribution in [0.5, 0.6) is 0 Å². The van der Waals surface area contributed by atoms with Crippen molar-refractivity contribution in [1.29, 1.82) is 0 Å². The number of hydrogen-bond acceptors (Lipinski definition) is 4. The fraction of sp³-hybridized carbons (Fsp3) is 0. The predicted octanol–water partition coefficient (Wildman–Crippen LogP) is 6.70. The molecule has 0 aliphatic rings. The Morgan fingerprint density at radius 3 is 2.28 bits per heavy atom. The minimum Gasteiger partial charge on any atom is -0.324 e. The van der Waals surface area contributed by atoms with Crippen LogP contribution >= 0.6 is 23.2 Å². The van der Waals surface area contributed by atoms with Crippen molar-refractivity contribution in [2.75, 3.05) is 5.32 Å². The summed E-state index contributed by atoms with van der Waals surface area (Å²) in [6.07, 6.45) is 1.65. The van der Waals surface area contributed by atoms with Gasteiger partial charge in [0.05, 0.1) is 16.1 Å².